The molecule has 0 saturated carbocycles. The van der Waals surface area contributed by atoms with Crippen LogP contribution in [0.25, 0.3) is 16.8 Å². The summed E-state index contributed by atoms with van der Waals surface area (Å²) < 4.78 is 3.43. The molecule has 6 heteroatoms. The minimum absolute atomic E-state index is 0.443. The van der Waals surface area contributed by atoms with Gasteiger partial charge in [-0.3, -0.25) is 4.68 Å². The van der Waals surface area contributed by atoms with E-state index in [1.54, 1.807) is 21.6 Å². The van der Waals surface area contributed by atoms with Crippen LogP contribution in [0.1, 0.15) is 13.8 Å². The van der Waals surface area contributed by atoms with E-state index in [4.69, 9.17) is 11.6 Å². The van der Waals surface area contributed by atoms with Gasteiger partial charge in [-0.1, -0.05) is 25.4 Å². The number of rotatable bonds is 1. The van der Waals surface area contributed by atoms with Crippen LogP contribution in [-0.4, -0.2) is 24.4 Å². The predicted octanol–water partition coefficient (Wildman–Crippen LogP) is 2.81. The predicted molar refractivity (Wildman–Crippen MR) is 71.5 cm³/mol. The molecule has 3 aromatic rings. The van der Waals surface area contributed by atoms with E-state index in [2.05, 4.69) is 15.2 Å². The van der Waals surface area contributed by atoms with E-state index in [-0.39, 0.29) is 0 Å². The molecule has 0 unspecified atom stereocenters. The van der Waals surface area contributed by atoms with Crippen molar-refractivity contribution in [3.8, 4) is 11.3 Å². The number of aromatic nitrogens is 5. The maximum atomic E-state index is 6.06. The molecule has 18 heavy (non-hydrogen) atoms. The van der Waals surface area contributed by atoms with Crippen molar-refractivity contribution in [1.29, 1.82) is 0 Å². The summed E-state index contributed by atoms with van der Waals surface area (Å²) >= 11 is 6.06. The van der Waals surface area contributed by atoms with Gasteiger partial charge in [-0.25, -0.2) is 9.50 Å². The van der Waals surface area contributed by atoms with Crippen molar-refractivity contribution < 1.29 is 0 Å². The summed E-state index contributed by atoms with van der Waals surface area (Å²) in [4.78, 5) is 4.31. The third kappa shape index (κ3) is 2.22. The smallest absolute Gasteiger partial charge is 0.155 e. The van der Waals surface area contributed by atoms with E-state index in [9.17, 15) is 0 Å². The Morgan fingerprint density at radius 1 is 1.17 bits per heavy atom. The third-order valence-corrected chi connectivity index (χ3v) is 2.62. The summed E-state index contributed by atoms with van der Waals surface area (Å²) in [6, 6.07) is 1.82. The van der Waals surface area contributed by atoms with Crippen molar-refractivity contribution in [2.45, 2.75) is 13.8 Å². The molecule has 0 aliphatic heterocycles. The molecule has 0 saturated heterocycles. The molecule has 0 atom stereocenters. The first-order valence-electron chi connectivity index (χ1n) is 5.73. The summed E-state index contributed by atoms with van der Waals surface area (Å²) in [7, 11) is 1.86. The van der Waals surface area contributed by atoms with Crippen LogP contribution in [0.4, 0.5) is 0 Å². The number of nitrogens with zero attached hydrogens (tertiary/aromatic N) is 5. The normalized spacial score (nSPS) is 10.2. The molecule has 94 valence electrons. The monoisotopic (exact) mass is 263 g/mol. The van der Waals surface area contributed by atoms with E-state index in [1.165, 1.54) is 0 Å². The van der Waals surface area contributed by atoms with Gasteiger partial charge < -0.3 is 0 Å². The molecule has 0 aromatic carbocycles. The van der Waals surface area contributed by atoms with Gasteiger partial charge in [0.15, 0.2) is 5.15 Å². The fourth-order valence-corrected chi connectivity index (χ4v) is 1.82. The molecule has 0 aliphatic carbocycles. The standard InChI is InChI=1S/C10H8ClN5.C2H6/c1-15-5-7(4-13-15)8-6-16-9(2-3-12-16)10(11)14-8;1-2/h2-6H,1H3;1-2H3. The molecule has 0 amide bonds. The van der Waals surface area contributed by atoms with Gasteiger partial charge in [0, 0.05) is 18.8 Å². The highest BCUT2D eigenvalue weighted by molar-refractivity contribution is 6.32. The van der Waals surface area contributed by atoms with E-state index >= 15 is 0 Å². The Morgan fingerprint density at radius 2 is 1.94 bits per heavy atom. The Bertz CT molecular complexity index is 655. The second kappa shape index (κ2) is 5.18. The SMILES string of the molecule is CC.Cn1cc(-c2cn3nccc3c(Cl)n2)cn1. The van der Waals surface area contributed by atoms with Gasteiger partial charge in [0.25, 0.3) is 0 Å². The Hall–Kier alpha value is -1.88. The van der Waals surface area contributed by atoms with Crippen LogP contribution in [0.15, 0.2) is 30.9 Å². The second-order valence-corrected chi connectivity index (χ2v) is 3.84. The van der Waals surface area contributed by atoms with Crippen LogP contribution in [0.5, 0.6) is 0 Å². The average Bonchev–Trinajstić information content (AvgIpc) is 3.00. The number of aryl methyl sites for hydroxylation is 1. The molecule has 0 bridgehead atoms. The minimum Gasteiger partial charge on any atom is -0.275 e. The van der Waals surface area contributed by atoms with Crippen molar-refractivity contribution in [1.82, 2.24) is 24.4 Å². The Morgan fingerprint density at radius 3 is 2.61 bits per heavy atom. The fraction of sp³-hybridized carbons (Fsp3) is 0.250. The first-order chi connectivity index (χ1) is 8.74. The average molecular weight is 264 g/mol. The van der Waals surface area contributed by atoms with Crippen molar-refractivity contribution in [3.05, 3.63) is 36.0 Å². The zero-order valence-corrected chi connectivity index (χ0v) is 11.3. The number of hydrogen-bond donors (Lipinski definition) is 0. The zero-order chi connectivity index (χ0) is 13.1. The molecule has 0 spiro atoms. The number of halogens is 1. The van der Waals surface area contributed by atoms with Crippen molar-refractivity contribution >= 4 is 17.1 Å². The lowest BCUT2D eigenvalue weighted by atomic mass is 10.3. The van der Waals surface area contributed by atoms with Crippen LogP contribution in [0.3, 0.4) is 0 Å². The molecule has 0 N–H and O–H groups in total. The lowest BCUT2D eigenvalue weighted by Crippen LogP contribution is -1.92. The second-order valence-electron chi connectivity index (χ2n) is 3.48. The highest BCUT2D eigenvalue weighted by Gasteiger charge is 2.07. The van der Waals surface area contributed by atoms with Gasteiger partial charge in [0.1, 0.15) is 5.52 Å². The van der Waals surface area contributed by atoms with Crippen molar-refractivity contribution in [2.24, 2.45) is 7.05 Å². The van der Waals surface area contributed by atoms with Crippen LogP contribution >= 0.6 is 11.6 Å². The van der Waals surface area contributed by atoms with Gasteiger partial charge in [-0.15, -0.1) is 0 Å². The fourth-order valence-electron chi connectivity index (χ4n) is 1.58. The first-order valence-corrected chi connectivity index (χ1v) is 6.11. The van der Waals surface area contributed by atoms with Gasteiger partial charge in [0.2, 0.25) is 0 Å². The minimum atomic E-state index is 0.443. The molecule has 0 radical (unpaired) electrons. The van der Waals surface area contributed by atoms with Crippen LogP contribution in [-0.2, 0) is 7.05 Å². The van der Waals surface area contributed by atoms with Gasteiger partial charge in [-0.2, -0.15) is 10.2 Å². The lowest BCUT2D eigenvalue weighted by molar-refractivity contribution is 0.768. The Labute approximate surface area is 110 Å². The molecule has 0 aliphatic rings. The molecule has 0 fully saturated rings. The topological polar surface area (TPSA) is 48.0 Å². The number of fused-ring (bicyclic) bond motifs is 1. The van der Waals surface area contributed by atoms with Gasteiger partial charge in [-0.05, 0) is 6.07 Å². The molecule has 3 aromatic heterocycles. The van der Waals surface area contributed by atoms with Gasteiger partial charge >= 0.3 is 0 Å². The molecule has 3 heterocycles. The summed E-state index contributed by atoms with van der Waals surface area (Å²) in [5, 5.41) is 8.68. The molecular weight excluding hydrogens is 250 g/mol. The largest absolute Gasteiger partial charge is 0.275 e. The molecular formula is C12H14ClN5. The molecule has 3 rings (SSSR count). The quantitative estimate of drug-likeness (QED) is 0.678. The highest BCUT2D eigenvalue weighted by Crippen LogP contribution is 2.21. The summed E-state index contributed by atoms with van der Waals surface area (Å²) in [6.45, 7) is 4.00. The van der Waals surface area contributed by atoms with E-state index in [0.29, 0.717) is 5.15 Å². The maximum Gasteiger partial charge on any atom is 0.155 e. The third-order valence-electron chi connectivity index (χ3n) is 2.35. The van der Waals surface area contributed by atoms with Crippen LogP contribution in [0, 0.1) is 0 Å². The summed E-state index contributed by atoms with van der Waals surface area (Å²) in [6.07, 6.45) is 7.15. The Balaban J connectivity index is 0.000000574. The molecule has 5 nitrogen and oxygen atoms in total. The summed E-state index contributed by atoms with van der Waals surface area (Å²) in [5.74, 6) is 0. The first kappa shape index (κ1) is 12.6. The van der Waals surface area contributed by atoms with E-state index in [1.807, 2.05) is 39.4 Å². The maximum absolute atomic E-state index is 6.06. The van der Waals surface area contributed by atoms with Crippen molar-refractivity contribution in [2.75, 3.05) is 0 Å². The Kier molecular flexibility index (Phi) is 3.62. The van der Waals surface area contributed by atoms with Gasteiger partial charge in [0.05, 0.1) is 24.3 Å². The lowest BCUT2D eigenvalue weighted by Gasteiger charge is -2.00. The zero-order valence-electron chi connectivity index (χ0n) is 10.5. The van der Waals surface area contributed by atoms with Crippen LogP contribution < -0.4 is 0 Å². The van der Waals surface area contributed by atoms with E-state index < -0.39 is 0 Å². The van der Waals surface area contributed by atoms with Crippen LogP contribution in [0.2, 0.25) is 5.15 Å². The van der Waals surface area contributed by atoms with E-state index in [0.717, 1.165) is 16.8 Å². The number of hydrogen-bond acceptors (Lipinski definition) is 3. The van der Waals surface area contributed by atoms with Crippen molar-refractivity contribution in [3.63, 3.8) is 0 Å². The summed E-state index contributed by atoms with van der Waals surface area (Å²) in [5.41, 5.74) is 2.48. The highest BCUT2D eigenvalue weighted by atomic mass is 35.5.